The van der Waals surface area contributed by atoms with Crippen molar-refractivity contribution in [3.8, 4) is 0 Å². The normalized spacial score (nSPS) is 12.8. The zero-order valence-corrected chi connectivity index (χ0v) is 43.0. The summed E-state index contributed by atoms with van der Waals surface area (Å²) < 4.78 is 5.46. The first-order valence-electron chi connectivity index (χ1n) is 28.6. The van der Waals surface area contributed by atoms with Gasteiger partial charge in [0.05, 0.1) is 25.4 Å². The molecule has 0 aromatic rings. The number of aliphatic hydroxyl groups excluding tert-OH is 2. The van der Waals surface area contributed by atoms with Crippen LogP contribution in [0, 0.1) is 0 Å². The van der Waals surface area contributed by atoms with Crippen molar-refractivity contribution in [1.82, 2.24) is 5.32 Å². The second-order valence-electron chi connectivity index (χ2n) is 19.6. The van der Waals surface area contributed by atoms with Gasteiger partial charge in [-0.15, -0.1) is 0 Å². The maximum atomic E-state index is 12.5. The van der Waals surface area contributed by atoms with Crippen molar-refractivity contribution in [2.24, 2.45) is 0 Å². The Hall–Kier alpha value is -1.66. The molecular weight excluding hydrogens is 791 g/mol. The van der Waals surface area contributed by atoms with Crippen LogP contribution >= 0.6 is 0 Å². The summed E-state index contributed by atoms with van der Waals surface area (Å²) >= 11 is 0. The number of carbonyl (C=O) groups is 2. The lowest BCUT2D eigenvalue weighted by Crippen LogP contribution is -2.45. The Labute approximate surface area is 399 Å². The van der Waals surface area contributed by atoms with Crippen molar-refractivity contribution in [3.63, 3.8) is 0 Å². The Balaban J connectivity index is 3.46. The number of hydrogen-bond acceptors (Lipinski definition) is 5. The Morgan fingerprint density at radius 1 is 0.438 bits per heavy atom. The molecule has 6 heteroatoms. The third kappa shape index (κ3) is 49.8. The molecule has 64 heavy (non-hydrogen) atoms. The fraction of sp³-hybridized carbons (Fsp3) is 0.897. The number of carbonyl (C=O) groups excluding carboxylic acids is 2. The fourth-order valence-corrected chi connectivity index (χ4v) is 8.85. The summed E-state index contributed by atoms with van der Waals surface area (Å²) in [5.74, 6) is -0.0711. The zero-order chi connectivity index (χ0) is 46.5. The lowest BCUT2D eigenvalue weighted by atomic mass is 10.0. The molecule has 378 valence electrons. The highest BCUT2D eigenvalue weighted by Crippen LogP contribution is 2.17. The number of esters is 1. The van der Waals surface area contributed by atoms with Crippen LogP contribution in [-0.2, 0) is 14.3 Å². The molecule has 2 atom stereocenters. The van der Waals surface area contributed by atoms with Gasteiger partial charge in [0.15, 0.2) is 0 Å². The van der Waals surface area contributed by atoms with Gasteiger partial charge in [0.2, 0.25) is 5.91 Å². The van der Waals surface area contributed by atoms with Gasteiger partial charge in [0, 0.05) is 12.8 Å². The summed E-state index contributed by atoms with van der Waals surface area (Å²) in [6.45, 7) is 4.91. The average Bonchev–Trinajstić information content (AvgIpc) is 3.29. The topological polar surface area (TPSA) is 95.9 Å². The van der Waals surface area contributed by atoms with Crippen LogP contribution in [-0.4, -0.2) is 47.4 Å². The summed E-state index contributed by atoms with van der Waals surface area (Å²) in [7, 11) is 0. The van der Waals surface area contributed by atoms with Crippen LogP contribution < -0.4 is 5.32 Å². The molecule has 0 aromatic carbocycles. The smallest absolute Gasteiger partial charge is 0.305 e. The molecule has 0 rings (SSSR count). The van der Waals surface area contributed by atoms with E-state index in [1.54, 1.807) is 0 Å². The van der Waals surface area contributed by atoms with E-state index in [9.17, 15) is 19.8 Å². The van der Waals surface area contributed by atoms with Gasteiger partial charge in [-0.05, 0) is 57.8 Å². The fourth-order valence-electron chi connectivity index (χ4n) is 8.85. The Bertz CT molecular complexity index is 997. The van der Waals surface area contributed by atoms with Crippen LogP contribution in [0.5, 0.6) is 0 Å². The molecule has 6 nitrogen and oxygen atoms in total. The second-order valence-corrected chi connectivity index (χ2v) is 19.6. The highest BCUT2D eigenvalue weighted by atomic mass is 16.5. The van der Waals surface area contributed by atoms with Crippen LogP contribution in [0.25, 0.3) is 0 Å². The Morgan fingerprint density at radius 3 is 1.20 bits per heavy atom. The van der Waals surface area contributed by atoms with Gasteiger partial charge < -0.3 is 20.3 Å². The molecule has 0 saturated heterocycles. The van der Waals surface area contributed by atoms with Crippen LogP contribution in [0.4, 0.5) is 0 Å². The maximum Gasteiger partial charge on any atom is 0.305 e. The minimum Gasteiger partial charge on any atom is -0.466 e. The van der Waals surface area contributed by atoms with Crippen molar-refractivity contribution in [2.45, 2.75) is 321 Å². The molecule has 0 fully saturated rings. The van der Waals surface area contributed by atoms with Crippen LogP contribution in [0.1, 0.15) is 309 Å². The number of amides is 1. The van der Waals surface area contributed by atoms with Crippen molar-refractivity contribution in [1.29, 1.82) is 0 Å². The molecule has 3 N–H and O–H groups in total. The van der Waals surface area contributed by atoms with E-state index in [1.807, 2.05) is 0 Å². The second kappa shape index (κ2) is 54.0. The molecular formula is C58H111NO5. The third-order valence-corrected chi connectivity index (χ3v) is 13.3. The number of unbranched alkanes of at least 4 members (excludes halogenated alkanes) is 38. The van der Waals surface area contributed by atoms with Crippen molar-refractivity contribution in [2.75, 3.05) is 13.2 Å². The Morgan fingerprint density at radius 2 is 0.781 bits per heavy atom. The van der Waals surface area contributed by atoms with Crippen molar-refractivity contribution in [3.05, 3.63) is 24.3 Å². The third-order valence-electron chi connectivity index (χ3n) is 13.3. The first-order valence-corrected chi connectivity index (χ1v) is 28.6. The van der Waals surface area contributed by atoms with Crippen LogP contribution in [0.3, 0.4) is 0 Å². The minimum absolute atomic E-state index is 0.0220. The van der Waals surface area contributed by atoms with Gasteiger partial charge in [-0.25, -0.2) is 0 Å². The summed E-state index contributed by atoms with van der Waals surface area (Å²) in [6.07, 6.45) is 64.4. The molecule has 1 amide bonds. The maximum absolute atomic E-state index is 12.5. The molecule has 0 radical (unpaired) electrons. The largest absolute Gasteiger partial charge is 0.466 e. The lowest BCUT2D eigenvalue weighted by Gasteiger charge is -2.22. The van der Waals surface area contributed by atoms with Gasteiger partial charge >= 0.3 is 5.97 Å². The molecule has 0 aromatic heterocycles. The SMILES string of the molecule is CCCCCC/C=C\C/C=C\CCCCCCCC(=O)OCCCCCCCCCCCCCCC(=O)NC(CO)C(O)CCCCCCCCCCCCCCCCCCCCC. The van der Waals surface area contributed by atoms with Crippen molar-refractivity contribution >= 4 is 11.9 Å². The van der Waals surface area contributed by atoms with E-state index in [0.717, 1.165) is 70.6 Å². The molecule has 0 spiro atoms. The van der Waals surface area contributed by atoms with E-state index in [-0.39, 0.29) is 18.5 Å². The average molecular weight is 903 g/mol. The van der Waals surface area contributed by atoms with E-state index in [1.165, 1.54) is 205 Å². The van der Waals surface area contributed by atoms with Gasteiger partial charge in [-0.2, -0.15) is 0 Å². The monoisotopic (exact) mass is 902 g/mol. The molecule has 0 saturated carbocycles. The number of aliphatic hydroxyl groups is 2. The number of allylic oxidation sites excluding steroid dienone is 4. The van der Waals surface area contributed by atoms with Crippen LogP contribution in [0.2, 0.25) is 0 Å². The highest BCUT2D eigenvalue weighted by molar-refractivity contribution is 5.76. The summed E-state index contributed by atoms with van der Waals surface area (Å²) in [5.41, 5.74) is 0. The summed E-state index contributed by atoms with van der Waals surface area (Å²) in [5, 5.41) is 23.3. The highest BCUT2D eigenvalue weighted by Gasteiger charge is 2.20. The van der Waals surface area contributed by atoms with Crippen molar-refractivity contribution < 1.29 is 24.5 Å². The molecule has 0 heterocycles. The van der Waals surface area contributed by atoms with E-state index in [0.29, 0.717) is 25.9 Å². The first kappa shape index (κ1) is 62.3. The standard InChI is InChI=1S/C58H111NO5/c1-3-5-7-9-11-13-15-17-19-21-22-23-24-26-30-34-38-42-46-50-56(61)55(54-60)59-57(62)51-47-43-39-35-31-28-29-33-37-41-45-49-53-64-58(63)52-48-44-40-36-32-27-25-20-18-16-14-12-10-8-6-4-2/h14,16,20,25,55-56,60-61H,3-13,15,17-19,21-24,26-54H2,1-2H3,(H,59,62)/b16-14-,25-20-. The van der Waals surface area contributed by atoms with E-state index in [4.69, 9.17) is 4.74 Å². The number of hydrogen-bond donors (Lipinski definition) is 3. The lowest BCUT2D eigenvalue weighted by molar-refractivity contribution is -0.143. The van der Waals surface area contributed by atoms with Crippen LogP contribution in [0.15, 0.2) is 24.3 Å². The van der Waals surface area contributed by atoms with Gasteiger partial charge in [-0.3, -0.25) is 9.59 Å². The van der Waals surface area contributed by atoms with Gasteiger partial charge in [-0.1, -0.05) is 263 Å². The molecule has 0 bridgehead atoms. The van der Waals surface area contributed by atoms with Gasteiger partial charge in [0.25, 0.3) is 0 Å². The molecule has 2 unspecified atom stereocenters. The van der Waals surface area contributed by atoms with E-state index in [2.05, 4.69) is 43.5 Å². The predicted octanol–water partition coefficient (Wildman–Crippen LogP) is 17.5. The zero-order valence-electron chi connectivity index (χ0n) is 43.0. The molecule has 0 aliphatic rings. The predicted molar refractivity (Wildman–Crippen MR) is 278 cm³/mol. The molecule has 0 aliphatic heterocycles. The minimum atomic E-state index is -0.676. The Kier molecular flexibility index (Phi) is 52.6. The van der Waals surface area contributed by atoms with E-state index < -0.39 is 12.1 Å². The molecule has 0 aliphatic carbocycles. The first-order chi connectivity index (χ1) is 31.5. The number of nitrogens with one attached hydrogen (secondary N) is 1. The van der Waals surface area contributed by atoms with Gasteiger partial charge in [0.1, 0.15) is 0 Å². The summed E-state index contributed by atoms with van der Waals surface area (Å²) in [6, 6.07) is -0.554. The quantitative estimate of drug-likeness (QED) is 0.0321. The summed E-state index contributed by atoms with van der Waals surface area (Å²) in [4.78, 5) is 24.5. The number of rotatable bonds is 53. The van der Waals surface area contributed by atoms with E-state index >= 15 is 0 Å². The number of ether oxygens (including phenoxy) is 1.